The highest BCUT2D eigenvalue weighted by Crippen LogP contribution is 2.41. The van der Waals surface area contributed by atoms with Crippen molar-refractivity contribution < 1.29 is 33.3 Å². The van der Waals surface area contributed by atoms with E-state index in [4.69, 9.17) is 0 Å². The van der Waals surface area contributed by atoms with Gasteiger partial charge in [0, 0.05) is 12.3 Å². The molecule has 0 aliphatic heterocycles. The van der Waals surface area contributed by atoms with Crippen LogP contribution >= 0.6 is 0 Å². The van der Waals surface area contributed by atoms with Crippen LogP contribution in [0.1, 0.15) is 17.3 Å². The van der Waals surface area contributed by atoms with Gasteiger partial charge < -0.3 is 20.6 Å². The molecule has 4 aromatic rings. The molecule has 4 aromatic carbocycles. The Kier molecular flexibility index (Phi) is 6.76. The number of phenols is 2. The molecule has 0 saturated carbocycles. The van der Waals surface area contributed by atoms with Crippen molar-refractivity contribution in [3.63, 3.8) is 0 Å². The normalized spacial score (nSPS) is 11.5. The van der Waals surface area contributed by atoms with Gasteiger partial charge in [0.2, 0.25) is 5.91 Å². The number of amides is 1. The molecule has 0 bridgehead atoms. The number of para-hydroxylation sites is 1. The zero-order valence-corrected chi connectivity index (χ0v) is 20.0. The van der Waals surface area contributed by atoms with Crippen LogP contribution in [0.4, 0.5) is 22.7 Å². The topological polar surface area (TPSA) is 178 Å². The van der Waals surface area contributed by atoms with Crippen molar-refractivity contribution >= 4 is 55.4 Å². The van der Waals surface area contributed by atoms with Crippen LogP contribution in [-0.4, -0.2) is 35.6 Å². The third-order valence-corrected chi connectivity index (χ3v) is 6.59. The summed E-state index contributed by atoms with van der Waals surface area (Å²) in [7, 11) is -4.28. The highest BCUT2D eigenvalue weighted by Gasteiger charge is 2.20. The second kappa shape index (κ2) is 9.95. The van der Waals surface area contributed by atoms with Crippen molar-refractivity contribution in [2.75, 3.05) is 10.0 Å². The van der Waals surface area contributed by atoms with Crippen molar-refractivity contribution in [3.8, 4) is 11.5 Å². The third-order valence-electron chi connectivity index (χ3n) is 5.22. The van der Waals surface area contributed by atoms with E-state index in [2.05, 4.69) is 20.3 Å². The second-order valence-electron chi connectivity index (χ2n) is 7.82. The maximum absolute atomic E-state index is 13.0. The van der Waals surface area contributed by atoms with Gasteiger partial charge in [0.25, 0.3) is 10.0 Å². The molecule has 37 heavy (non-hydrogen) atoms. The van der Waals surface area contributed by atoms with Crippen molar-refractivity contribution in [3.05, 3.63) is 78.4 Å². The van der Waals surface area contributed by atoms with Crippen molar-refractivity contribution in [1.82, 2.24) is 0 Å². The summed E-state index contributed by atoms with van der Waals surface area (Å²) in [5, 5.41) is 41.7. The first-order chi connectivity index (χ1) is 17.6. The van der Waals surface area contributed by atoms with E-state index in [1.807, 2.05) is 0 Å². The lowest BCUT2D eigenvalue weighted by atomic mass is 10.1. The molecule has 0 spiro atoms. The van der Waals surface area contributed by atoms with E-state index in [0.29, 0.717) is 16.5 Å². The highest BCUT2D eigenvalue weighted by molar-refractivity contribution is 7.92. The van der Waals surface area contributed by atoms with Crippen LogP contribution in [-0.2, 0) is 14.8 Å². The molecule has 11 nitrogen and oxygen atoms in total. The fourth-order valence-electron chi connectivity index (χ4n) is 3.56. The predicted molar refractivity (Wildman–Crippen MR) is 136 cm³/mol. The van der Waals surface area contributed by atoms with Crippen LogP contribution < -0.4 is 10.0 Å². The molecule has 5 N–H and O–H groups in total. The molecule has 0 aliphatic rings. The summed E-state index contributed by atoms with van der Waals surface area (Å²) >= 11 is 0. The molecule has 0 saturated heterocycles. The third kappa shape index (κ3) is 5.33. The van der Waals surface area contributed by atoms with E-state index in [9.17, 15) is 33.3 Å². The summed E-state index contributed by atoms with van der Waals surface area (Å²) in [5.41, 5.74) is -0.258. The summed E-state index contributed by atoms with van der Waals surface area (Å²) in [6, 6.07) is 16.8. The molecule has 0 aromatic heterocycles. The van der Waals surface area contributed by atoms with Gasteiger partial charge in [0.1, 0.15) is 22.9 Å². The summed E-state index contributed by atoms with van der Waals surface area (Å²) in [4.78, 5) is 22.8. The van der Waals surface area contributed by atoms with E-state index in [-0.39, 0.29) is 39.2 Å². The number of aromatic carboxylic acids is 1. The largest absolute Gasteiger partial charge is 0.506 e. The van der Waals surface area contributed by atoms with Crippen LogP contribution in [0.5, 0.6) is 11.5 Å². The fourth-order valence-corrected chi connectivity index (χ4v) is 4.66. The number of hydrogen-bond acceptors (Lipinski definition) is 8. The monoisotopic (exact) mass is 520 g/mol. The quantitative estimate of drug-likeness (QED) is 0.210. The van der Waals surface area contributed by atoms with Crippen LogP contribution in [0.25, 0.3) is 10.8 Å². The molecular formula is C25H20N4O7S. The zero-order valence-electron chi connectivity index (χ0n) is 19.2. The van der Waals surface area contributed by atoms with Gasteiger partial charge in [-0.05, 0) is 47.9 Å². The number of carbonyl (C=O) groups excluding carboxylic acids is 1. The highest BCUT2D eigenvalue weighted by atomic mass is 32.2. The lowest BCUT2D eigenvalue weighted by Gasteiger charge is -2.11. The van der Waals surface area contributed by atoms with Gasteiger partial charge >= 0.3 is 5.97 Å². The first-order valence-corrected chi connectivity index (χ1v) is 12.2. The number of aromatic hydroxyl groups is 2. The fraction of sp³-hybridized carbons (Fsp3) is 0.0400. The van der Waals surface area contributed by atoms with E-state index in [1.54, 1.807) is 24.3 Å². The van der Waals surface area contributed by atoms with Gasteiger partial charge in [-0.15, -0.1) is 10.2 Å². The maximum atomic E-state index is 13.0. The molecule has 12 heteroatoms. The lowest BCUT2D eigenvalue weighted by molar-refractivity contribution is -0.114. The first kappa shape index (κ1) is 25.1. The minimum Gasteiger partial charge on any atom is -0.506 e. The Hall–Kier alpha value is -4.97. The van der Waals surface area contributed by atoms with E-state index in [1.165, 1.54) is 37.3 Å². The molecule has 0 fully saturated rings. The number of azo groups is 1. The Morgan fingerprint density at radius 1 is 0.838 bits per heavy atom. The number of sulfonamides is 1. The maximum Gasteiger partial charge on any atom is 0.337 e. The van der Waals surface area contributed by atoms with Gasteiger partial charge in [-0.1, -0.05) is 30.3 Å². The van der Waals surface area contributed by atoms with Gasteiger partial charge in [-0.25, -0.2) is 13.2 Å². The Balaban J connectivity index is 1.75. The zero-order chi connectivity index (χ0) is 26.7. The van der Waals surface area contributed by atoms with Crippen LogP contribution in [0, 0.1) is 0 Å². The standard InChI is InChI=1S/C25H20N4O7S/c1-14(30)26-19-8-4-5-15-9-11-22(32)24(23(15)19)28-27-20-13-16(10-12-21(20)31)37(35,36)29-18-7-3-2-6-17(18)25(33)34/h2-13,29,31-32H,1H3,(H,26,30)(H,33,34). The molecule has 0 aliphatic carbocycles. The Labute approximate surface area is 210 Å². The number of carboxylic acids is 1. The number of nitrogens with one attached hydrogen (secondary N) is 2. The number of phenolic OH excluding ortho intramolecular Hbond substituents is 2. The first-order valence-electron chi connectivity index (χ1n) is 10.7. The van der Waals surface area contributed by atoms with E-state index < -0.39 is 21.7 Å². The van der Waals surface area contributed by atoms with Crippen molar-refractivity contribution in [1.29, 1.82) is 0 Å². The predicted octanol–water partition coefficient (Wildman–Crippen LogP) is 5.12. The van der Waals surface area contributed by atoms with Gasteiger partial charge in [-0.2, -0.15) is 0 Å². The Bertz CT molecular complexity index is 1680. The summed E-state index contributed by atoms with van der Waals surface area (Å²) in [6.45, 7) is 1.33. The second-order valence-corrected chi connectivity index (χ2v) is 9.51. The number of rotatable bonds is 7. The molecule has 188 valence electrons. The number of anilines is 2. The minimum atomic E-state index is -4.28. The number of carboxylic acid groups (broad SMARTS) is 1. The van der Waals surface area contributed by atoms with Gasteiger partial charge in [0.15, 0.2) is 0 Å². The number of fused-ring (bicyclic) bond motifs is 1. The van der Waals surface area contributed by atoms with E-state index >= 15 is 0 Å². The number of benzene rings is 4. The molecule has 0 heterocycles. The average Bonchev–Trinajstić information content (AvgIpc) is 2.84. The van der Waals surface area contributed by atoms with Crippen LogP contribution in [0.3, 0.4) is 0 Å². The number of nitrogens with zero attached hydrogens (tertiary/aromatic N) is 2. The van der Waals surface area contributed by atoms with Gasteiger partial charge in [0.05, 0.1) is 21.8 Å². The smallest absolute Gasteiger partial charge is 0.337 e. The average molecular weight is 521 g/mol. The van der Waals surface area contributed by atoms with Crippen molar-refractivity contribution in [2.24, 2.45) is 10.2 Å². The van der Waals surface area contributed by atoms with E-state index in [0.717, 1.165) is 18.2 Å². The molecule has 4 rings (SSSR count). The minimum absolute atomic E-state index is 0.0111. The summed E-state index contributed by atoms with van der Waals surface area (Å²) in [5.74, 6) is -2.31. The number of carbonyl (C=O) groups is 2. The van der Waals surface area contributed by atoms with Crippen molar-refractivity contribution in [2.45, 2.75) is 11.8 Å². The summed E-state index contributed by atoms with van der Waals surface area (Å²) in [6.07, 6.45) is 0. The summed E-state index contributed by atoms with van der Waals surface area (Å²) < 4.78 is 28.1. The molecule has 0 atom stereocenters. The SMILES string of the molecule is CC(=O)Nc1cccc2ccc(O)c(N=Nc3cc(S(=O)(=O)Nc4ccccc4C(=O)O)ccc3O)c12. The van der Waals surface area contributed by atoms with Crippen LogP contribution in [0.2, 0.25) is 0 Å². The molecule has 0 radical (unpaired) electrons. The Morgan fingerprint density at radius 3 is 2.27 bits per heavy atom. The Morgan fingerprint density at radius 2 is 1.54 bits per heavy atom. The molecule has 1 amide bonds. The number of hydrogen-bond donors (Lipinski definition) is 5. The lowest BCUT2D eigenvalue weighted by Crippen LogP contribution is -2.15. The molecule has 0 unspecified atom stereocenters. The van der Waals surface area contributed by atoms with Crippen LogP contribution in [0.15, 0.2) is 87.9 Å². The van der Waals surface area contributed by atoms with Gasteiger partial charge in [-0.3, -0.25) is 9.52 Å². The molecular weight excluding hydrogens is 500 g/mol.